The first-order valence-corrected chi connectivity index (χ1v) is 9.69. The molecule has 1 aromatic heterocycles. The molecule has 1 saturated carbocycles. The Labute approximate surface area is 172 Å². The fourth-order valence-electron chi connectivity index (χ4n) is 3.04. The molecular weight excluding hydrogens is 449 g/mol. The van der Waals surface area contributed by atoms with Crippen LogP contribution in [0.2, 0.25) is 0 Å². The summed E-state index contributed by atoms with van der Waals surface area (Å²) in [6.45, 7) is 5.41. The van der Waals surface area contributed by atoms with E-state index < -0.39 is 0 Å². The number of esters is 1. The largest absolute Gasteiger partial charge is 0.466 e. The van der Waals surface area contributed by atoms with E-state index in [-0.39, 0.29) is 35.9 Å². The van der Waals surface area contributed by atoms with Crippen molar-refractivity contribution in [2.45, 2.75) is 51.5 Å². The average Bonchev–Trinajstić information content (AvgIpc) is 3.13. The lowest BCUT2D eigenvalue weighted by Crippen LogP contribution is -2.46. The molecule has 1 fully saturated rings. The van der Waals surface area contributed by atoms with Crippen LogP contribution in [-0.4, -0.2) is 38.2 Å². The van der Waals surface area contributed by atoms with Crippen LogP contribution in [0.25, 0.3) is 0 Å². The van der Waals surface area contributed by atoms with Crippen LogP contribution in [0.1, 0.15) is 50.3 Å². The Balaban J connectivity index is 0.00000312. The summed E-state index contributed by atoms with van der Waals surface area (Å²) in [7, 11) is 1.80. The third-order valence-electron chi connectivity index (χ3n) is 4.52. The van der Waals surface area contributed by atoms with Crippen molar-refractivity contribution in [3.8, 4) is 0 Å². The lowest BCUT2D eigenvalue weighted by molar-refractivity contribution is -0.149. The van der Waals surface area contributed by atoms with Crippen molar-refractivity contribution < 1.29 is 9.53 Å². The first kappa shape index (κ1) is 22.2. The minimum absolute atomic E-state index is 0. The zero-order chi connectivity index (χ0) is 17.4. The molecule has 2 rings (SSSR count). The highest BCUT2D eigenvalue weighted by molar-refractivity contribution is 14.0. The van der Waals surface area contributed by atoms with Crippen LogP contribution in [-0.2, 0) is 9.53 Å². The van der Waals surface area contributed by atoms with Gasteiger partial charge in [0.15, 0.2) is 5.96 Å². The van der Waals surface area contributed by atoms with Crippen LogP contribution in [0.4, 0.5) is 0 Å². The van der Waals surface area contributed by atoms with Gasteiger partial charge >= 0.3 is 5.97 Å². The Morgan fingerprint density at radius 2 is 2.12 bits per heavy atom. The number of hydrogen-bond donors (Lipinski definition) is 2. The van der Waals surface area contributed by atoms with Gasteiger partial charge in [-0.1, -0.05) is 13.0 Å². The van der Waals surface area contributed by atoms with Crippen molar-refractivity contribution in [2.75, 3.05) is 20.2 Å². The van der Waals surface area contributed by atoms with E-state index in [1.54, 1.807) is 18.4 Å². The third kappa shape index (κ3) is 7.13. The van der Waals surface area contributed by atoms with Crippen LogP contribution in [0.3, 0.4) is 0 Å². The second-order valence-electron chi connectivity index (χ2n) is 6.31. The Bertz CT molecular complexity index is 528. The molecule has 1 heterocycles. The summed E-state index contributed by atoms with van der Waals surface area (Å²) in [6, 6.07) is 4.63. The molecule has 1 atom stereocenters. The predicted octanol–water partition coefficient (Wildman–Crippen LogP) is 3.76. The Kier molecular flexibility index (Phi) is 10.4. The van der Waals surface area contributed by atoms with Crippen LogP contribution in [0, 0.1) is 5.92 Å². The maximum atomic E-state index is 11.8. The van der Waals surface area contributed by atoms with Crippen LogP contribution in [0.15, 0.2) is 22.5 Å². The minimum Gasteiger partial charge on any atom is -0.466 e. The number of nitrogens with one attached hydrogen (secondary N) is 2. The summed E-state index contributed by atoms with van der Waals surface area (Å²) in [4.78, 5) is 17.5. The summed E-state index contributed by atoms with van der Waals surface area (Å²) in [5, 5.41) is 9.01. The third-order valence-corrected chi connectivity index (χ3v) is 5.62. The number of nitrogens with zero attached hydrogens (tertiary/aromatic N) is 1. The van der Waals surface area contributed by atoms with Crippen molar-refractivity contribution in [1.82, 2.24) is 10.6 Å². The number of guanidine groups is 1. The van der Waals surface area contributed by atoms with E-state index in [9.17, 15) is 4.79 Å². The van der Waals surface area contributed by atoms with E-state index in [0.29, 0.717) is 18.6 Å². The molecule has 0 spiro atoms. The lowest BCUT2D eigenvalue weighted by atomic mass is 9.86. The Morgan fingerprint density at radius 3 is 2.68 bits per heavy atom. The molecular formula is C18H30IN3O2S. The molecule has 1 aliphatic rings. The molecule has 1 aromatic rings. The Morgan fingerprint density at radius 1 is 1.40 bits per heavy atom. The molecule has 5 nitrogen and oxygen atoms in total. The monoisotopic (exact) mass is 479 g/mol. The number of rotatable bonds is 6. The van der Waals surface area contributed by atoms with Gasteiger partial charge in [-0.15, -0.1) is 35.3 Å². The number of aliphatic imine (C=N–C) groups is 1. The van der Waals surface area contributed by atoms with E-state index in [1.807, 2.05) is 6.92 Å². The summed E-state index contributed by atoms with van der Waals surface area (Å²) < 4.78 is 5.12. The summed E-state index contributed by atoms with van der Waals surface area (Å²) in [6.07, 6.45) is 3.73. The van der Waals surface area contributed by atoms with Gasteiger partial charge in [0.25, 0.3) is 0 Å². The van der Waals surface area contributed by atoms with Crippen LogP contribution >= 0.6 is 35.3 Å². The fourth-order valence-corrected chi connectivity index (χ4v) is 3.83. The van der Waals surface area contributed by atoms with Crippen molar-refractivity contribution in [2.24, 2.45) is 10.9 Å². The highest BCUT2D eigenvalue weighted by atomic mass is 127. The number of hydrogen-bond acceptors (Lipinski definition) is 4. The summed E-state index contributed by atoms with van der Waals surface area (Å²) >= 11 is 1.79. The molecule has 0 aliphatic heterocycles. The van der Waals surface area contributed by atoms with Gasteiger partial charge in [0, 0.05) is 30.4 Å². The molecule has 142 valence electrons. The van der Waals surface area contributed by atoms with E-state index in [1.165, 1.54) is 4.88 Å². The normalized spacial score (nSPS) is 21.8. The second-order valence-corrected chi connectivity index (χ2v) is 7.29. The molecule has 0 amide bonds. The minimum atomic E-state index is -0.0387. The van der Waals surface area contributed by atoms with Crippen LogP contribution in [0.5, 0.6) is 0 Å². The van der Waals surface area contributed by atoms with E-state index in [0.717, 1.165) is 38.2 Å². The average molecular weight is 479 g/mol. The molecule has 1 unspecified atom stereocenters. The highest BCUT2D eigenvalue weighted by Gasteiger charge is 2.27. The zero-order valence-electron chi connectivity index (χ0n) is 15.3. The fraction of sp³-hybridized carbons (Fsp3) is 0.667. The predicted molar refractivity (Wildman–Crippen MR) is 115 cm³/mol. The molecule has 0 aromatic carbocycles. The molecule has 0 bridgehead atoms. The molecule has 25 heavy (non-hydrogen) atoms. The number of thiophene rings is 1. The second kappa shape index (κ2) is 11.7. The van der Waals surface area contributed by atoms with Gasteiger partial charge < -0.3 is 15.4 Å². The van der Waals surface area contributed by atoms with E-state index in [2.05, 4.69) is 40.1 Å². The van der Waals surface area contributed by atoms with Crippen molar-refractivity contribution >= 4 is 47.2 Å². The molecule has 2 N–H and O–H groups in total. The van der Waals surface area contributed by atoms with Gasteiger partial charge in [0.2, 0.25) is 0 Å². The summed E-state index contributed by atoms with van der Waals surface area (Å²) in [5.74, 6) is 1.33. The maximum absolute atomic E-state index is 11.8. The van der Waals surface area contributed by atoms with Crippen molar-refractivity contribution in [3.05, 3.63) is 22.4 Å². The van der Waals surface area contributed by atoms with Crippen LogP contribution < -0.4 is 10.6 Å². The number of ether oxygens (including phenoxy) is 1. The number of carbonyl (C=O) groups excluding carboxylic acids is 1. The molecule has 7 heteroatoms. The van der Waals surface area contributed by atoms with E-state index in [4.69, 9.17) is 4.74 Å². The molecule has 0 radical (unpaired) electrons. The zero-order valence-corrected chi connectivity index (χ0v) is 18.4. The van der Waals surface area contributed by atoms with Gasteiger partial charge in [0.1, 0.15) is 0 Å². The van der Waals surface area contributed by atoms with Gasteiger partial charge in [0.05, 0.1) is 12.5 Å². The number of halogens is 1. The smallest absolute Gasteiger partial charge is 0.308 e. The number of carbonyl (C=O) groups is 1. The topological polar surface area (TPSA) is 62.7 Å². The first-order valence-electron chi connectivity index (χ1n) is 8.81. The molecule has 1 aliphatic carbocycles. The van der Waals surface area contributed by atoms with Gasteiger partial charge in [-0.25, -0.2) is 0 Å². The van der Waals surface area contributed by atoms with Gasteiger partial charge in [-0.05, 0) is 44.1 Å². The van der Waals surface area contributed by atoms with Gasteiger partial charge in [-0.3, -0.25) is 9.79 Å². The van der Waals surface area contributed by atoms with Gasteiger partial charge in [-0.2, -0.15) is 0 Å². The van der Waals surface area contributed by atoms with Crippen molar-refractivity contribution in [1.29, 1.82) is 0 Å². The maximum Gasteiger partial charge on any atom is 0.308 e. The Hall–Kier alpha value is -0.830. The molecule has 0 saturated heterocycles. The van der Waals surface area contributed by atoms with E-state index >= 15 is 0 Å². The standard InChI is InChI=1S/C18H29N3O2S.HI/c1-4-23-17(22)14-7-9-15(10-8-14)21-18(19-3)20-12-13(2)16-6-5-11-24-16;/h5-6,11,13-15H,4,7-10,12H2,1-3H3,(H2,19,20,21);1H. The quantitative estimate of drug-likeness (QED) is 0.282. The SMILES string of the molecule is CCOC(=O)C1CCC(NC(=NC)NCC(C)c2cccs2)CC1.I. The highest BCUT2D eigenvalue weighted by Crippen LogP contribution is 2.25. The lowest BCUT2D eigenvalue weighted by Gasteiger charge is -2.29. The first-order chi connectivity index (χ1) is 11.6. The summed E-state index contributed by atoms with van der Waals surface area (Å²) in [5.41, 5.74) is 0. The van der Waals surface area contributed by atoms with Crippen molar-refractivity contribution in [3.63, 3.8) is 0 Å².